The van der Waals surface area contributed by atoms with Gasteiger partial charge in [0, 0.05) is 0 Å². The maximum atomic E-state index is 8.68. The molecule has 0 saturated heterocycles. The largest absolute Gasteiger partial charge is 0.411 e. The second-order valence-corrected chi connectivity index (χ2v) is 4.55. The molecule has 0 bridgehead atoms. The molecule has 0 aromatic heterocycles. The second kappa shape index (κ2) is 5.82. The summed E-state index contributed by atoms with van der Waals surface area (Å²) in [7, 11) is 0. The van der Waals surface area contributed by atoms with Crippen LogP contribution >= 0.6 is 0 Å². The highest BCUT2D eigenvalue weighted by Crippen LogP contribution is 2.25. The molecule has 2 rings (SSSR count). The zero-order valence-electron chi connectivity index (χ0n) is 10.2. The topological polar surface area (TPSA) is 41.8 Å². The summed E-state index contributed by atoms with van der Waals surface area (Å²) in [5, 5.41) is 12.0. The average molecular weight is 233 g/mol. The standard InChI is InChI=1S/C14H19NO2/c1-11(12-5-3-2-4-6-12)17-14-9-7-13(15-16)8-10-14/h2-6,11,14,16H,7-10H2,1H3. The lowest BCUT2D eigenvalue weighted by Gasteiger charge is -2.26. The fraction of sp³-hybridized carbons (Fsp3) is 0.500. The van der Waals surface area contributed by atoms with Crippen molar-refractivity contribution < 1.29 is 9.94 Å². The Morgan fingerprint density at radius 2 is 1.88 bits per heavy atom. The highest BCUT2D eigenvalue weighted by Gasteiger charge is 2.20. The minimum atomic E-state index is 0.133. The van der Waals surface area contributed by atoms with Crippen molar-refractivity contribution in [2.24, 2.45) is 5.16 Å². The van der Waals surface area contributed by atoms with Gasteiger partial charge in [-0.05, 0) is 38.2 Å². The van der Waals surface area contributed by atoms with Gasteiger partial charge in [0.15, 0.2) is 0 Å². The van der Waals surface area contributed by atoms with Crippen LogP contribution in [-0.2, 0) is 4.74 Å². The van der Waals surface area contributed by atoms with Crippen LogP contribution in [-0.4, -0.2) is 17.0 Å². The van der Waals surface area contributed by atoms with Gasteiger partial charge in [-0.3, -0.25) is 0 Å². The Bertz CT molecular complexity index is 365. The van der Waals surface area contributed by atoms with E-state index < -0.39 is 0 Å². The van der Waals surface area contributed by atoms with Gasteiger partial charge in [0.1, 0.15) is 0 Å². The summed E-state index contributed by atoms with van der Waals surface area (Å²) in [6.07, 6.45) is 4.03. The van der Waals surface area contributed by atoms with Crippen molar-refractivity contribution in [1.29, 1.82) is 0 Å². The van der Waals surface area contributed by atoms with Crippen molar-refractivity contribution in [1.82, 2.24) is 0 Å². The van der Waals surface area contributed by atoms with Gasteiger partial charge < -0.3 is 9.94 Å². The van der Waals surface area contributed by atoms with Crippen molar-refractivity contribution >= 4 is 5.71 Å². The number of benzene rings is 1. The van der Waals surface area contributed by atoms with E-state index in [1.54, 1.807) is 0 Å². The third-order valence-corrected chi connectivity index (χ3v) is 3.32. The molecule has 92 valence electrons. The van der Waals surface area contributed by atoms with Gasteiger partial charge in [0.25, 0.3) is 0 Å². The van der Waals surface area contributed by atoms with Crippen LogP contribution in [0.15, 0.2) is 35.5 Å². The molecular weight excluding hydrogens is 214 g/mol. The van der Waals surface area contributed by atoms with E-state index >= 15 is 0 Å². The van der Waals surface area contributed by atoms with Crippen LogP contribution in [0.5, 0.6) is 0 Å². The molecule has 1 aliphatic rings. The molecule has 1 N–H and O–H groups in total. The quantitative estimate of drug-likeness (QED) is 0.641. The van der Waals surface area contributed by atoms with Gasteiger partial charge in [0.2, 0.25) is 0 Å². The zero-order chi connectivity index (χ0) is 12.1. The Labute approximate surface area is 102 Å². The van der Waals surface area contributed by atoms with Gasteiger partial charge >= 0.3 is 0 Å². The summed E-state index contributed by atoms with van der Waals surface area (Å²) in [5.41, 5.74) is 2.12. The smallest absolute Gasteiger partial charge is 0.0800 e. The van der Waals surface area contributed by atoms with Crippen molar-refractivity contribution in [3.05, 3.63) is 35.9 Å². The van der Waals surface area contributed by atoms with Gasteiger partial charge in [-0.2, -0.15) is 0 Å². The lowest BCUT2D eigenvalue weighted by Crippen LogP contribution is -2.23. The summed E-state index contributed by atoms with van der Waals surface area (Å²) in [6, 6.07) is 10.3. The minimum absolute atomic E-state index is 0.133. The zero-order valence-corrected chi connectivity index (χ0v) is 10.2. The summed E-state index contributed by atoms with van der Waals surface area (Å²) in [5.74, 6) is 0. The first-order chi connectivity index (χ1) is 8.29. The molecule has 0 radical (unpaired) electrons. The van der Waals surface area contributed by atoms with E-state index in [2.05, 4.69) is 24.2 Å². The first-order valence-corrected chi connectivity index (χ1v) is 6.20. The van der Waals surface area contributed by atoms with Crippen molar-refractivity contribution in [3.63, 3.8) is 0 Å². The summed E-state index contributed by atoms with van der Waals surface area (Å²) < 4.78 is 6.03. The molecule has 0 heterocycles. The van der Waals surface area contributed by atoms with Crippen LogP contribution in [0, 0.1) is 0 Å². The van der Waals surface area contributed by atoms with Gasteiger partial charge in [-0.15, -0.1) is 0 Å². The maximum Gasteiger partial charge on any atom is 0.0800 e. The predicted molar refractivity (Wildman–Crippen MR) is 67.4 cm³/mol. The Balaban J connectivity index is 1.86. The fourth-order valence-electron chi connectivity index (χ4n) is 2.25. The Morgan fingerprint density at radius 3 is 2.47 bits per heavy atom. The first-order valence-electron chi connectivity index (χ1n) is 6.20. The van der Waals surface area contributed by atoms with Crippen LogP contribution in [0.25, 0.3) is 0 Å². The van der Waals surface area contributed by atoms with Crippen LogP contribution in [0.1, 0.15) is 44.3 Å². The normalized spacial score (nSPS) is 22.2. The Hall–Kier alpha value is -1.35. The summed E-state index contributed by atoms with van der Waals surface area (Å²) >= 11 is 0. The lowest BCUT2D eigenvalue weighted by molar-refractivity contribution is -0.0136. The molecule has 1 aliphatic carbocycles. The molecule has 3 heteroatoms. The third kappa shape index (κ3) is 3.30. The molecule has 1 saturated carbocycles. The predicted octanol–water partition coefficient (Wildman–Crippen LogP) is 3.54. The highest BCUT2D eigenvalue weighted by molar-refractivity contribution is 5.84. The van der Waals surface area contributed by atoms with E-state index in [9.17, 15) is 0 Å². The molecule has 0 aliphatic heterocycles. The van der Waals surface area contributed by atoms with E-state index in [-0.39, 0.29) is 12.2 Å². The van der Waals surface area contributed by atoms with Gasteiger partial charge in [0.05, 0.1) is 17.9 Å². The van der Waals surface area contributed by atoms with Crippen LogP contribution < -0.4 is 0 Å². The molecule has 1 unspecified atom stereocenters. The number of rotatable bonds is 3. The summed E-state index contributed by atoms with van der Waals surface area (Å²) in [6.45, 7) is 2.09. The SMILES string of the molecule is CC(OC1CCC(=NO)CC1)c1ccccc1. The number of oxime groups is 1. The van der Waals surface area contributed by atoms with Crippen molar-refractivity contribution in [2.45, 2.75) is 44.8 Å². The molecule has 1 aromatic rings. The molecule has 0 spiro atoms. The van der Waals surface area contributed by atoms with E-state index in [1.807, 2.05) is 18.2 Å². The van der Waals surface area contributed by atoms with Gasteiger partial charge in [-0.25, -0.2) is 0 Å². The first kappa shape index (κ1) is 12.1. The van der Waals surface area contributed by atoms with Gasteiger partial charge in [-0.1, -0.05) is 35.5 Å². The highest BCUT2D eigenvalue weighted by atomic mass is 16.5. The monoisotopic (exact) mass is 233 g/mol. The molecule has 17 heavy (non-hydrogen) atoms. The van der Waals surface area contributed by atoms with E-state index in [0.29, 0.717) is 0 Å². The lowest BCUT2D eigenvalue weighted by atomic mass is 9.95. The maximum absolute atomic E-state index is 8.68. The third-order valence-electron chi connectivity index (χ3n) is 3.32. The number of hydrogen-bond donors (Lipinski definition) is 1. The van der Waals surface area contributed by atoms with Crippen LogP contribution in [0.2, 0.25) is 0 Å². The fourth-order valence-corrected chi connectivity index (χ4v) is 2.25. The molecule has 1 fully saturated rings. The average Bonchev–Trinajstić information content (AvgIpc) is 2.40. The van der Waals surface area contributed by atoms with E-state index in [4.69, 9.17) is 9.94 Å². The second-order valence-electron chi connectivity index (χ2n) is 4.55. The van der Waals surface area contributed by atoms with Crippen LogP contribution in [0.3, 0.4) is 0 Å². The number of nitrogens with zero attached hydrogens (tertiary/aromatic N) is 1. The van der Waals surface area contributed by atoms with E-state index in [0.717, 1.165) is 31.4 Å². The van der Waals surface area contributed by atoms with Crippen LogP contribution in [0.4, 0.5) is 0 Å². The molecule has 1 aromatic carbocycles. The van der Waals surface area contributed by atoms with Crippen molar-refractivity contribution in [2.75, 3.05) is 0 Å². The Kier molecular flexibility index (Phi) is 4.15. The summed E-state index contributed by atoms with van der Waals surface area (Å²) in [4.78, 5) is 0. The molecular formula is C14H19NO2. The molecule has 1 atom stereocenters. The minimum Gasteiger partial charge on any atom is -0.411 e. The molecule has 0 amide bonds. The Morgan fingerprint density at radius 1 is 1.24 bits per heavy atom. The number of ether oxygens (including phenoxy) is 1. The molecule has 3 nitrogen and oxygen atoms in total. The van der Waals surface area contributed by atoms with E-state index in [1.165, 1.54) is 5.56 Å². The number of hydrogen-bond acceptors (Lipinski definition) is 3. The van der Waals surface area contributed by atoms with Crippen molar-refractivity contribution in [3.8, 4) is 0 Å².